The molecule has 0 aromatic heterocycles. The molecule has 0 bridgehead atoms. The molecule has 0 saturated carbocycles. The second-order valence-electron chi connectivity index (χ2n) is 5.12. The summed E-state index contributed by atoms with van der Waals surface area (Å²) < 4.78 is 5.76. The third kappa shape index (κ3) is 3.32. The van der Waals surface area contributed by atoms with Crippen molar-refractivity contribution in [3.05, 3.63) is 83.9 Å². The van der Waals surface area contributed by atoms with Gasteiger partial charge in [0.25, 0.3) is 0 Å². The predicted octanol–water partition coefficient (Wildman–Crippen LogP) is 3.87. The molecule has 0 atom stereocenters. The highest BCUT2D eigenvalue weighted by atomic mass is 16.5. The van der Waals surface area contributed by atoms with Gasteiger partial charge in [0.2, 0.25) is 0 Å². The molecule has 0 amide bonds. The van der Waals surface area contributed by atoms with E-state index in [4.69, 9.17) is 16.2 Å². The normalized spacial score (nSPS) is 10.3. The lowest BCUT2D eigenvalue weighted by molar-refractivity contribution is 0.103. The van der Waals surface area contributed by atoms with Crippen molar-refractivity contribution in [1.29, 1.82) is 0 Å². The van der Waals surface area contributed by atoms with E-state index in [1.54, 1.807) is 54.6 Å². The Kier molecular flexibility index (Phi) is 3.97. The minimum atomic E-state index is -0.0762. The van der Waals surface area contributed by atoms with Crippen molar-refractivity contribution in [3.8, 4) is 11.5 Å². The molecule has 0 aliphatic heterocycles. The lowest BCUT2D eigenvalue weighted by atomic mass is 10.0. The van der Waals surface area contributed by atoms with Crippen LogP contribution in [-0.2, 0) is 0 Å². The number of hydrogen-bond donors (Lipinski definition) is 2. The van der Waals surface area contributed by atoms with Gasteiger partial charge in [0.15, 0.2) is 11.5 Å². The van der Waals surface area contributed by atoms with Gasteiger partial charge in [-0.25, -0.2) is 0 Å². The van der Waals surface area contributed by atoms with E-state index in [9.17, 15) is 4.79 Å². The summed E-state index contributed by atoms with van der Waals surface area (Å²) in [5, 5.41) is 0. The summed E-state index contributed by atoms with van der Waals surface area (Å²) in [6.07, 6.45) is 0. The number of carbonyl (C=O) groups is 1. The van der Waals surface area contributed by atoms with E-state index in [-0.39, 0.29) is 5.78 Å². The SMILES string of the molecule is Nc1ccc(Oc2cc(C(=O)c3ccccc3)ccc2N)cc1. The van der Waals surface area contributed by atoms with Gasteiger partial charge < -0.3 is 16.2 Å². The van der Waals surface area contributed by atoms with Crippen molar-refractivity contribution >= 4 is 17.2 Å². The molecule has 4 N–H and O–H groups in total. The summed E-state index contributed by atoms with van der Waals surface area (Å²) in [4.78, 5) is 12.5. The number of hydrogen-bond acceptors (Lipinski definition) is 4. The fourth-order valence-electron chi connectivity index (χ4n) is 2.18. The van der Waals surface area contributed by atoms with Gasteiger partial charge in [-0.2, -0.15) is 0 Å². The lowest BCUT2D eigenvalue weighted by Gasteiger charge is -2.10. The maximum absolute atomic E-state index is 12.5. The first kappa shape index (κ1) is 14.7. The molecule has 0 radical (unpaired) electrons. The summed E-state index contributed by atoms with van der Waals surface area (Å²) >= 11 is 0. The van der Waals surface area contributed by atoms with E-state index in [1.165, 1.54) is 0 Å². The zero-order valence-electron chi connectivity index (χ0n) is 12.4. The Morgan fingerprint density at radius 3 is 2.17 bits per heavy atom. The zero-order chi connectivity index (χ0) is 16.2. The number of anilines is 2. The molecule has 0 saturated heterocycles. The molecule has 23 heavy (non-hydrogen) atoms. The number of benzene rings is 3. The molecule has 4 heteroatoms. The summed E-state index contributed by atoms with van der Waals surface area (Å²) in [6, 6.07) is 21.1. The Hall–Kier alpha value is -3.27. The van der Waals surface area contributed by atoms with Crippen LogP contribution in [0.3, 0.4) is 0 Å². The second-order valence-corrected chi connectivity index (χ2v) is 5.12. The first-order valence-electron chi connectivity index (χ1n) is 7.16. The highest BCUT2D eigenvalue weighted by Gasteiger charge is 2.12. The highest BCUT2D eigenvalue weighted by Crippen LogP contribution is 2.29. The highest BCUT2D eigenvalue weighted by molar-refractivity contribution is 6.09. The van der Waals surface area contributed by atoms with Crippen LogP contribution in [0.1, 0.15) is 15.9 Å². The maximum atomic E-state index is 12.5. The third-order valence-corrected chi connectivity index (χ3v) is 3.42. The van der Waals surface area contributed by atoms with E-state index in [1.807, 2.05) is 18.2 Å². The topological polar surface area (TPSA) is 78.3 Å². The van der Waals surface area contributed by atoms with Crippen molar-refractivity contribution < 1.29 is 9.53 Å². The van der Waals surface area contributed by atoms with Crippen molar-refractivity contribution in [2.45, 2.75) is 0 Å². The fourth-order valence-corrected chi connectivity index (χ4v) is 2.18. The first-order chi connectivity index (χ1) is 11.1. The van der Waals surface area contributed by atoms with Crippen molar-refractivity contribution in [3.63, 3.8) is 0 Å². The molecule has 0 spiro atoms. The van der Waals surface area contributed by atoms with Crippen LogP contribution in [0, 0.1) is 0 Å². The van der Waals surface area contributed by atoms with E-state index in [0.29, 0.717) is 34.0 Å². The smallest absolute Gasteiger partial charge is 0.193 e. The molecule has 4 nitrogen and oxygen atoms in total. The molecule has 0 unspecified atom stereocenters. The molecular weight excluding hydrogens is 288 g/mol. The Morgan fingerprint density at radius 2 is 1.48 bits per heavy atom. The molecule has 3 aromatic carbocycles. The van der Waals surface area contributed by atoms with Crippen molar-refractivity contribution in [1.82, 2.24) is 0 Å². The lowest BCUT2D eigenvalue weighted by Crippen LogP contribution is -2.02. The molecule has 0 aliphatic rings. The summed E-state index contributed by atoms with van der Waals surface area (Å²) in [6.45, 7) is 0. The van der Waals surface area contributed by atoms with E-state index in [0.717, 1.165) is 0 Å². The Labute approximate surface area is 134 Å². The Balaban J connectivity index is 1.90. The average molecular weight is 304 g/mol. The van der Waals surface area contributed by atoms with Gasteiger partial charge in [0.05, 0.1) is 5.69 Å². The molecule has 3 aromatic rings. The molecule has 0 aliphatic carbocycles. The number of rotatable bonds is 4. The summed E-state index contributed by atoms with van der Waals surface area (Å²) in [5.41, 5.74) is 13.9. The maximum Gasteiger partial charge on any atom is 0.193 e. The van der Waals surface area contributed by atoms with Crippen LogP contribution in [0.4, 0.5) is 11.4 Å². The molecule has 114 valence electrons. The van der Waals surface area contributed by atoms with Crippen molar-refractivity contribution in [2.24, 2.45) is 0 Å². The standard InChI is InChI=1S/C19H16N2O2/c20-15-7-9-16(10-8-15)23-18-12-14(6-11-17(18)21)19(22)13-4-2-1-3-5-13/h1-12H,20-21H2. The minimum absolute atomic E-state index is 0.0762. The van der Waals surface area contributed by atoms with Crippen LogP contribution in [0.5, 0.6) is 11.5 Å². The molecule has 3 rings (SSSR count). The van der Waals surface area contributed by atoms with Gasteiger partial charge in [0, 0.05) is 16.8 Å². The molecule has 0 fully saturated rings. The van der Waals surface area contributed by atoms with Crippen LogP contribution < -0.4 is 16.2 Å². The minimum Gasteiger partial charge on any atom is -0.455 e. The molecular formula is C19H16N2O2. The van der Waals surface area contributed by atoms with Gasteiger partial charge in [-0.15, -0.1) is 0 Å². The van der Waals surface area contributed by atoms with Crippen LogP contribution in [-0.4, -0.2) is 5.78 Å². The third-order valence-electron chi connectivity index (χ3n) is 3.42. The van der Waals surface area contributed by atoms with Crippen LogP contribution >= 0.6 is 0 Å². The van der Waals surface area contributed by atoms with E-state index >= 15 is 0 Å². The summed E-state index contributed by atoms with van der Waals surface area (Å²) in [5.74, 6) is 0.972. The van der Waals surface area contributed by atoms with Crippen LogP contribution in [0.25, 0.3) is 0 Å². The van der Waals surface area contributed by atoms with Crippen LogP contribution in [0.2, 0.25) is 0 Å². The van der Waals surface area contributed by atoms with Gasteiger partial charge in [-0.05, 0) is 42.5 Å². The Bertz CT molecular complexity index is 828. The van der Waals surface area contributed by atoms with E-state index in [2.05, 4.69) is 0 Å². The fraction of sp³-hybridized carbons (Fsp3) is 0. The van der Waals surface area contributed by atoms with E-state index < -0.39 is 0 Å². The predicted molar refractivity (Wildman–Crippen MR) is 91.7 cm³/mol. The monoisotopic (exact) mass is 304 g/mol. The number of ether oxygens (including phenoxy) is 1. The average Bonchev–Trinajstić information content (AvgIpc) is 2.59. The van der Waals surface area contributed by atoms with Gasteiger partial charge in [-0.1, -0.05) is 30.3 Å². The Morgan fingerprint density at radius 1 is 0.783 bits per heavy atom. The van der Waals surface area contributed by atoms with Gasteiger partial charge >= 0.3 is 0 Å². The van der Waals surface area contributed by atoms with Crippen LogP contribution in [0.15, 0.2) is 72.8 Å². The quantitative estimate of drug-likeness (QED) is 0.566. The number of carbonyl (C=O) groups excluding carboxylic acids is 1. The number of nitrogen functional groups attached to an aromatic ring is 2. The second kappa shape index (κ2) is 6.23. The summed E-state index contributed by atoms with van der Waals surface area (Å²) in [7, 11) is 0. The largest absolute Gasteiger partial charge is 0.455 e. The number of ketones is 1. The van der Waals surface area contributed by atoms with Crippen molar-refractivity contribution in [2.75, 3.05) is 11.5 Å². The van der Waals surface area contributed by atoms with Gasteiger partial charge in [0.1, 0.15) is 5.75 Å². The zero-order valence-corrected chi connectivity index (χ0v) is 12.4. The van der Waals surface area contributed by atoms with Gasteiger partial charge in [-0.3, -0.25) is 4.79 Å². The first-order valence-corrected chi connectivity index (χ1v) is 7.16. The molecule has 0 heterocycles. The number of nitrogens with two attached hydrogens (primary N) is 2.